The molecule has 0 saturated heterocycles. The van der Waals surface area contributed by atoms with Crippen molar-refractivity contribution in [2.45, 2.75) is 33.2 Å². The predicted octanol–water partition coefficient (Wildman–Crippen LogP) is 3.23. The molecule has 0 fully saturated rings. The average molecular weight is 385 g/mol. The largest absolute Gasteiger partial charge is 0.478 e. The molecule has 2 N–H and O–H groups in total. The van der Waals surface area contributed by atoms with Crippen molar-refractivity contribution in [2.24, 2.45) is 0 Å². The number of anilines is 1. The number of hydrogen-bond donors (Lipinski definition) is 2. The number of carboxylic acid groups (broad SMARTS) is 1. The van der Waals surface area contributed by atoms with Gasteiger partial charge in [0, 0.05) is 11.1 Å². The van der Waals surface area contributed by atoms with Crippen LogP contribution >= 0.6 is 11.3 Å². The number of rotatable bonds is 5. The lowest BCUT2D eigenvalue weighted by Crippen LogP contribution is -2.30. The van der Waals surface area contributed by atoms with Gasteiger partial charge in [0.25, 0.3) is 5.56 Å². The smallest absolute Gasteiger partial charge is 0.337 e. The number of carboxylic acids is 1. The van der Waals surface area contributed by atoms with E-state index in [1.807, 2.05) is 38.1 Å². The fraction of sp³-hybridized carbons (Fsp3) is 0.263. The number of carbonyl (C=O) groups excluding carboxylic acids is 1. The summed E-state index contributed by atoms with van der Waals surface area (Å²) in [7, 11) is 0. The van der Waals surface area contributed by atoms with Crippen molar-refractivity contribution in [1.29, 1.82) is 0 Å². The van der Waals surface area contributed by atoms with E-state index < -0.39 is 11.5 Å². The number of nitrogens with zero attached hydrogens (tertiary/aromatic N) is 2. The van der Waals surface area contributed by atoms with Gasteiger partial charge in [-0.3, -0.25) is 14.2 Å². The van der Waals surface area contributed by atoms with Gasteiger partial charge >= 0.3 is 5.97 Å². The fourth-order valence-corrected chi connectivity index (χ4v) is 3.87. The van der Waals surface area contributed by atoms with Crippen LogP contribution in [0.25, 0.3) is 10.2 Å². The van der Waals surface area contributed by atoms with Crippen LogP contribution in [0.4, 0.5) is 5.69 Å². The molecule has 0 aliphatic heterocycles. The molecule has 0 aliphatic carbocycles. The van der Waals surface area contributed by atoms with E-state index in [1.54, 1.807) is 6.92 Å². The zero-order valence-corrected chi connectivity index (χ0v) is 16.0. The second-order valence-corrected chi connectivity index (χ2v) is 7.33. The third-order valence-corrected chi connectivity index (χ3v) is 5.15. The van der Waals surface area contributed by atoms with Crippen LogP contribution < -0.4 is 10.9 Å². The first-order valence-electron chi connectivity index (χ1n) is 8.40. The van der Waals surface area contributed by atoms with Crippen LogP contribution in [0.2, 0.25) is 0 Å². The van der Waals surface area contributed by atoms with E-state index in [0.29, 0.717) is 16.3 Å². The highest BCUT2D eigenvalue weighted by Gasteiger charge is 2.19. The Labute approximate surface area is 159 Å². The Kier molecular flexibility index (Phi) is 5.09. The lowest BCUT2D eigenvalue weighted by atomic mass is 10.0. The van der Waals surface area contributed by atoms with E-state index in [0.717, 1.165) is 16.9 Å². The number of fused-ring (bicyclic) bond motifs is 1. The number of aryl methyl sites for hydroxylation is 1. The summed E-state index contributed by atoms with van der Waals surface area (Å²) in [6.07, 6.45) is 0. The zero-order chi connectivity index (χ0) is 19.7. The second-order valence-electron chi connectivity index (χ2n) is 6.48. The van der Waals surface area contributed by atoms with E-state index in [9.17, 15) is 19.5 Å². The highest BCUT2D eigenvalue weighted by atomic mass is 32.1. The van der Waals surface area contributed by atoms with Gasteiger partial charge in [0.1, 0.15) is 17.2 Å². The highest BCUT2D eigenvalue weighted by Crippen LogP contribution is 2.24. The lowest BCUT2D eigenvalue weighted by Gasteiger charge is -2.15. The van der Waals surface area contributed by atoms with E-state index in [4.69, 9.17) is 0 Å². The minimum atomic E-state index is -1.19. The molecular weight excluding hydrogens is 366 g/mol. The molecule has 8 heteroatoms. The molecule has 1 amide bonds. The molecule has 0 spiro atoms. The molecular formula is C19H19N3O4S. The van der Waals surface area contributed by atoms with Gasteiger partial charge in [0.05, 0.1) is 10.9 Å². The van der Waals surface area contributed by atoms with Crippen LogP contribution in [0.15, 0.2) is 34.4 Å². The van der Waals surface area contributed by atoms with Crippen molar-refractivity contribution in [3.8, 4) is 0 Å². The fourth-order valence-electron chi connectivity index (χ4n) is 2.92. The van der Waals surface area contributed by atoms with E-state index in [-0.39, 0.29) is 29.3 Å². The van der Waals surface area contributed by atoms with Crippen molar-refractivity contribution in [2.75, 3.05) is 5.32 Å². The van der Waals surface area contributed by atoms with Gasteiger partial charge in [0.15, 0.2) is 0 Å². The molecule has 7 nitrogen and oxygen atoms in total. The number of thiophene rings is 1. The van der Waals surface area contributed by atoms with Gasteiger partial charge in [-0.1, -0.05) is 32.0 Å². The number of para-hydroxylation sites is 1. The molecule has 0 bridgehead atoms. The molecule has 0 saturated carbocycles. The third-order valence-electron chi connectivity index (χ3n) is 4.27. The molecule has 3 aromatic rings. The predicted molar refractivity (Wildman–Crippen MR) is 105 cm³/mol. The molecule has 0 atom stereocenters. The number of benzene rings is 1. The monoisotopic (exact) mass is 385 g/mol. The van der Waals surface area contributed by atoms with Crippen LogP contribution in [0.3, 0.4) is 0 Å². The quantitative estimate of drug-likeness (QED) is 0.702. The molecule has 0 radical (unpaired) electrons. The van der Waals surface area contributed by atoms with Crippen LogP contribution in [0.1, 0.15) is 41.5 Å². The maximum Gasteiger partial charge on any atom is 0.337 e. The van der Waals surface area contributed by atoms with E-state index in [2.05, 4.69) is 10.3 Å². The van der Waals surface area contributed by atoms with Gasteiger partial charge in [-0.2, -0.15) is 0 Å². The number of carbonyl (C=O) groups is 2. The van der Waals surface area contributed by atoms with Crippen LogP contribution in [0, 0.1) is 6.92 Å². The topological polar surface area (TPSA) is 101 Å². The van der Waals surface area contributed by atoms with Gasteiger partial charge in [-0.25, -0.2) is 9.78 Å². The number of hydrogen-bond acceptors (Lipinski definition) is 5. The summed E-state index contributed by atoms with van der Waals surface area (Å²) in [6, 6.07) is 7.49. The molecule has 2 heterocycles. The van der Waals surface area contributed by atoms with Gasteiger partial charge in [-0.05, 0) is 24.5 Å². The summed E-state index contributed by atoms with van der Waals surface area (Å²) in [5, 5.41) is 13.5. The first kappa shape index (κ1) is 18.8. The van der Waals surface area contributed by atoms with Crippen molar-refractivity contribution in [1.82, 2.24) is 9.55 Å². The molecule has 2 aromatic heterocycles. The number of aromatic nitrogens is 2. The van der Waals surface area contributed by atoms with Crippen molar-refractivity contribution in [3.05, 3.63) is 57.0 Å². The van der Waals surface area contributed by atoms with Gasteiger partial charge in [-0.15, -0.1) is 11.3 Å². The Morgan fingerprint density at radius 3 is 2.67 bits per heavy atom. The van der Waals surface area contributed by atoms with Crippen LogP contribution in [0.5, 0.6) is 0 Å². The highest BCUT2D eigenvalue weighted by molar-refractivity contribution is 7.17. The Morgan fingerprint density at radius 1 is 1.30 bits per heavy atom. The summed E-state index contributed by atoms with van der Waals surface area (Å²) < 4.78 is 1.20. The molecule has 0 aliphatic rings. The van der Waals surface area contributed by atoms with E-state index >= 15 is 0 Å². The first-order valence-corrected chi connectivity index (χ1v) is 9.28. The number of nitrogens with one attached hydrogen (secondary N) is 1. The molecule has 0 unspecified atom stereocenters. The Hall–Kier alpha value is -3.00. The maximum atomic E-state index is 12.8. The van der Waals surface area contributed by atoms with Crippen molar-refractivity contribution < 1.29 is 14.7 Å². The summed E-state index contributed by atoms with van der Waals surface area (Å²) in [5.41, 5.74) is 1.07. The molecule has 140 valence electrons. The maximum absolute atomic E-state index is 12.8. The minimum absolute atomic E-state index is 0.0356. The summed E-state index contributed by atoms with van der Waals surface area (Å²) in [5.74, 6) is -0.973. The van der Waals surface area contributed by atoms with Crippen molar-refractivity contribution in [3.63, 3.8) is 0 Å². The zero-order valence-electron chi connectivity index (χ0n) is 15.1. The second kappa shape index (κ2) is 7.32. The van der Waals surface area contributed by atoms with E-state index in [1.165, 1.54) is 9.95 Å². The summed E-state index contributed by atoms with van der Waals surface area (Å²) in [6.45, 7) is 5.44. The lowest BCUT2D eigenvalue weighted by molar-refractivity contribution is -0.116. The average Bonchev–Trinajstić information content (AvgIpc) is 3.03. The van der Waals surface area contributed by atoms with Crippen LogP contribution in [-0.2, 0) is 11.3 Å². The standard InChI is InChI=1S/C19H19N3O4S/c1-10(2)12-6-4-5-7-14(12)21-15(23)8-22-11(3)20-17-16(18(22)24)13(9-27-17)19(25)26/h4-7,9-10H,8H2,1-3H3,(H,21,23)(H,25,26). The Morgan fingerprint density at radius 2 is 2.00 bits per heavy atom. The number of aromatic carboxylic acids is 1. The Bertz CT molecular complexity index is 1100. The minimum Gasteiger partial charge on any atom is -0.478 e. The normalized spacial score (nSPS) is 11.1. The third kappa shape index (κ3) is 3.61. The molecule has 27 heavy (non-hydrogen) atoms. The van der Waals surface area contributed by atoms with Crippen molar-refractivity contribution >= 4 is 39.1 Å². The first-order chi connectivity index (χ1) is 12.8. The Balaban J connectivity index is 1.95. The summed E-state index contributed by atoms with van der Waals surface area (Å²) in [4.78, 5) is 41.3. The summed E-state index contributed by atoms with van der Waals surface area (Å²) >= 11 is 1.10. The number of amides is 1. The van der Waals surface area contributed by atoms with Crippen LogP contribution in [-0.4, -0.2) is 26.5 Å². The van der Waals surface area contributed by atoms with Gasteiger partial charge in [0.2, 0.25) is 5.91 Å². The van der Waals surface area contributed by atoms with Gasteiger partial charge < -0.3 is 10.4 Å². The SMILES string of the molecule is Cc1nc2scc(C(=O)O)c2c(=O)n1CC(=O)Nc1ccccc1C(C)C. The molecule has 1 aromatic carbocycles. The molecule has 3 rings (SSSR count).